The molecule has 4 heterocycles. The number of piperidine rings is 1. The van der Waals surface area contributed by atoms with E-state index in [9.17, 15) is 13.2 Å². The standard InChI is InChI=1S/C36H45N7O4S/c1-5-27-33(39-23-40-34(27)43-20-17-25(18-21-43)29-16-15-26-12-9-19-37-32(26)41-29)38-22-30(35(44)47-36(2,3)4)42-48(45,46)31-14-8-11-24-10-6-7-13-28(24)31/h6-8,10-11,13-16,23,25,30,42H,5,9,12,17-22H2,1-4H3,(H,37,41)(H,38,39,40). The van der Waals surface area contributed by atoms with Crippen LogP contribution in [0.5, 0.6) is 0 Å². The number of carbonyl (C=O) groups excluding carboxylic acids is 1. The van der Waals surface area contributed by atoms with Gasteiger partial charge in [0.05, 0.1) is 4.90 Å². The van der Waals surface area contributed by atoms with Crippen LogP contribution in [0.3, 0.4) is 0 Å². The van der Waals surface area contributed by atoms with Crippen molar-refractivity contribution >= 4 is 44.2 Å². The van der Waals surface area contributed by atoms with E-state index in [0.717, 1.165) is 73.6 Å². The first-order valence-corrected chi connectivity index (χ1v) is 18.3. The van der Waals surface area contributed by atoms with Gasteiger partial charge in [-0.05, 0) is 76.0 Å². The molecule has 2 aromatic carbocycles. The number of esters is 1. The Morgan fingerprint density at radius 3 is 2.60 bits per heavy atom. The van der Waals surface area contributed by atoms with Gasteiger partial charge in [0.1, 0.15) is 35.4 Å². The molecule has 4 aromatic rings. The average molecular weight is 672 g/mol. The van der Waals surface area contributed by atoms with Crippen LogP contribution in [0.2, 0.25) is 0 Å². The molecule has 1 unspecified atom stereocenters. The Balaban J connectivity index is 1.18. The SMILES string of the molecule is CCc1c(NCC(NS(=O)(=O)c2cccc3ccccc23)C(=O)OC(C)(C)C)ncnc1N1CCC(c2ccc3c(n2)NCCC3)CC1. The topological polar surface area (TPSA) is 138 Å². The highest BCUT2D eigenvalue weighted by molar-refractivity contribution is 7.89. The van der Waals surface area contributed by atoms with E-state index < -0.39 is 27.6 Å². The number of nitrogens with one attached hydrogen (secondary N) is 3. The van der Waals surface area contributed by atoms with Gasteiger partial charge in [-0.2, -0.15) is 4.72 Å². The maximum absolute atomic E-state index is 13.7. The Hall–Kier alpha value is -4.29. The smallest absolute Gasteiger partial charge is 0.326 e. The number of ether oxygens (including phenoxy) is 1. The zero-order chi connectivity index (χ0) is 33.9. The number of anilines is 3. The van der Waals surface area contributed by atoms with Gasteiger partial charge in [-0.25, -0.2) is 23.4 Å². The zero-order valence-corrected chi connectivity index (χ0v) is 28.9. The highest BCUT2D eigenvalue weighted by atomic mass is 32.2. The number of aryl methyl sites for hydroxylation is 1. The molecule has 1 fully saturated rings. The molecule has 48 heavy (non-hydrogen) atoms. The highest BCUT2D eigenvalue weighted by Gasteiger charge is 2.32. The van der Waals surface area contributed by atoms with Crippen LogP contribution >= 0.6 is 0 Å². The third-order valence-corrected chi connectivity index (χ3v) is 10.4. The van der Waals surface area contributed by atoms with Crippen LogP contribution in [0.4, 0.5) is 17.5 Å². The molecule has 0 radical (unpaired) electrons. The summed E-state index contributed by atoms with van der Waals surface area (Å²) in [5.41, 5.74) is 2.54. The molecule has 0 saturated carbocycles. The van der Waals surface area contributed by atoms with E-state index in [4.69, 9.17) is 9.72 Å². The molecule has 0 bridgehead atoms. The number of sulfonamides is 1. The van der Waals surface area contributed by atoms with E-state index in [0.29, 0.717) is 23.5 Å². The molecule has 2 aliphatic rings. The molecule has 11 nitrogen and oxygen atoms in total. The molecule has 2 aromatic heterocycles. The lowest BCUT2D eigenvalue weighted by atomic mass is 9.92. The van der Waals surface area contributed by atoms with E-state index in [1.54, 1.807) is 39.0 Å². The van der Waals surface area contributed by atoms with Gasteiger partial charge < -0.3 is 20.3 Å². The summed E-state index contributed by atoms with van der Waals surface area (Å²) in [6.45, 7) is 9.85. The zero-order valence-electron chi connectivity index (χ0n) is 28.1. The van der Waals surface area contributed by atoms with Gasteiger partial charge in [-0.15, -0.1) is 0 Å². The Labute approximate surface area is 283 Å². The van der Waals surface area contributed by atoms with Crippen LogP contribution in [0.1, 0.15) is 69.7 Å². The summed E-state index contributed by atoms with van der Waals surface area (Å²) >= 11 is 0. The number of fused-ring (bicyclic) bond motifs is 2. The Bertz CT molecular complexity index is 1880. The number of nitrogens with zero attached hydrogens (tertiary/aromatic N) is 4. The molecule has 2 aliphatic heterocycles. The highest BCUT2D eigenvalue weighted by Crippen LogP contribution is 2.33. The summed E-state index contributed by atoms with van der Waals surface area (Å²) in [7, 11) is -4.11. The van der Waals surface area contributed by atoms with E-state index in [1.807, 2.05) is 25.1 Å². The van der Waals surface area contributed by atoms with E-state index in [-0.39, 0.29) is 11.4 Å². The fraction of sp³-hybridized carbons (Fsp3) is 0.444. The molecule has 0 amide bonds. The van der Waals surface area contributed by atoms with Gasteiger partial charge in [0.25, 0.3) is 0 Å². The average Bonchev–Trinajstić information content (AvgIpc) is 3.08. The molecule has 254 valence electrons. The lowest BCUT2D eigenvalue weighted by Gasteiger charge is -2.34. The van der Waals surface area contributed by atoms with Gasteiger partial charge in [0.2, 0.25) is 10.0 Å². The van der Waals surface area contributed by atoms with E-state index in [2.05, 4.69) is 42.4 Å². The van der Waals surface area contributed by atoms with Crippen molar-refractivity contribution < 1.29 is 17.9 Å². The van der Waals surface area contributed by atoms with Crippen LogP contribution in [0.25, 0.3) is 10.8 Å². The minimum atomic E-state index is -4.11. The van der Waals surface area contributed by atoms with Crippen LogP contribution in [-0.2, 0) is 32.4 Å². The molecular formula is C36H45N7O4S. The first-order chi connectivity index (χ1) is 23.0. The van der Waals surface area contributed by atoms with Crippen LogP contribution < -0.4 is 20.3 Å². The number of carbonyl (C=O) groups is 1. The fourth-order valence-electron chi connectivity index (χ4n) is 6.54. The fourth-order valence-corrected chi connectivity index (χ4v) is 7.95. The van der Waals surface area contributed by atoms with Crippen LogP contribution in [0.15, 0.2) is 65.8 Å². The Morgan fingerprint density at radius 1 is 1.06 bits per heavy atom. The van der Waals surface area contributed by atoms with Crippen LogP contribution in [-0.4, -0.2) is 67.2 Å². The summed E-state index contributed by atoms with van der Waals surface area (Å²) in [4.78, 5) is 29.9. The lowest BCUT2D eigenvalue weighted by Crippen LogP contribution is -2.48. The minimum absolute atomic E-state index is 0.0670. The molecule has 0 spiro atoms. The van der Waals surface area contributed by atoms with Crippen molar-refractivity contribution in [3.63, 3.8) is 0 Å². The monoisotopic (exact) mass is 671 g/mol. The van der Waals surface area contributed by atoms with Crippen molar-refractivity contribution in [1.29, 1.82) is 0 Å². The largest absolute Gasteiger partial charge is 0.459 e. The summed E-state index contributed by atoms with van der Waals surface area (Å²) in [5, 5.41) is 8.07. The second-order valence-corrected chi connectivity index (χ2v) is 15.2. The maximum atomic E-state index is 13.7. The number of hydrogen-bond acceptors (Lipinski definition) is 10. The van der Waals surface area contributed by atoms with Gasteiger partial charge in [-0.3, -0.25) is 4.79 Å². The summed E-state index contributed by atoms with van der Waals surface area (Å²) in [6, 6.07) is 15.5. The van der Waals surface area contributed by atoms with Crippen molar-refractivity contribution in [2.24, 2.45) is 0 Å². The molecule has 12 heteroatoms. The van der Waals surface area contributed by atoms with Gasteiger partial charge >= 0.3 is 5.97 Å². The summed E-state index contributed by atoms with van der Waals surface area (Å²) in [5.74, 6) is 2.14. The Kier molecular flexibility index (Phi) is 9.84. The molecular weight excluding hydrogens is 627 g/mol. The Morgan fingerprint density at radius 2 is 1.83 bits per heavy atom. The second-order valence-electron chi connectivity index (χ2n) is 13.5. The summed E-state index contributed by atoms with van der Waals surface area (Å²) in [6.07, 6.45) is 6.30. The van der Waals surface area contributed by atoms with Crippen LogP contribution in [0, 0.1) is 0 Å². The first-order valence-electron chi connectivity index (χ1n) is 16.8. The molecule has 6 rings (SSSR count). The first kappa shape index (κ1) is 33.6. The summed E-state index contributed by atoms with van der Waals surface area (Å²) < 4.78 is 35.7. The van der Waals surface area contributed by atoms with Gasteiger partial charge in [0.15, 0.2) is 0 Å². The van der Waals surface area contributed by atoms with Crippen molar-refractivity contribution in [2.45, 2.75) is 82.3 Å². The molecule has 3 N–H and O–H groups in total. The molecule has 0 aliphatic carbocycles. The van der Waals surface area contributed by atoms with Crippen molar-refractivity contribution in [3.8, 4) is 0 Å². The predicted octanol–water partition coefficient (Wildman–Crippen LogP) is 5.43. The quantitative estimate of drug-likeness (QED) is 0.187. The number of pyridine rings is 1. The van der Waals surface area contributed by atoms with Gasteiger partial charge in [-0.1, -0.05) is 49.4 Å². The van der Waals surface area contributed by atoms with Crippen molar-refractivity contribution in [3.05, 3.63) is 77.7 Å². The second kappa shape index (κ2) is 14.1. The lowest BCUT2D eigenvalue weighted by molar-refractivity contribution is -0.156. The van der Waals surface area contributed by atoms with Gasteiger partial charge in [0, 0.05) is 48.7 Å². The molecule has 1 atom stereocenters. The van der Waals surface area contributed by atoms with E-state index in [1.165, 1.54) is 18.0 Å². The molecule has 1 saturated heterocycles. The van der Waals surface area contributed by atoms with E-state index >= 15 is 0 Å². The number of hydrogen-bond donors (Lipinski definition) is 3. The predicted molar refractivity (Wildman–Crippen MR) is 189 cm³/mol. The number of rotatable bonds is 10. The third kappa shape index (κ3) is 7.55. The minimum Gasteiger partial charge on any atom is -0.459 e. The van der Waals surface area contributed by atoms with Crippen molar-refractivity contribution in [2.75, 3.05) is 41.7 Å². The number of aromatic nitrogens is 3. The maximum Gasteiger partial charge on any atom is 0.326 e. The number of benzene rings is 2. The third-order valence-electron chi connectivity index (χ3n) is 8.91. The van der Waals surface area contributed by atoms with Crippen molar-refractivity contribution in [1.82, 2.24) is 19.7 Å². The normalized spacial score (nSPS) is 16.2.